The zero-order chi connectivity index (χ0) is 16.1. The SMILES string of the molecule is N#Cc1ccc(C(=CCc2ccc(F)cc2)c2nccs2)cc1. The predicted octanol–water partition coefficient (Wildman–Crippen LogP) is 4.83. The van der Waals surface area contributed by atoms with Crippen LogP contribution in [0.3, 0.4) is 0 Å². The molecule has 0 saturated heterocycles. The van der Waals surface area contributed by atoms with Crippen LogP contribution in [0, 0.1) is 17.1 Å². The summed E-state index contributed by atoms with van der Waals surface area (Å²) in [4.78, 5) is 4.39. The van der Waals surface area contributed by atoms with Gasteiger partial charge in [0, 0.05) is 17.2 Å². The van der Waals surface area contributed by atoms with Crippen LogP contribution in [0.15, 0.2) is 66.2 Å². The third-order valence-electron chi connectivity index (χ3n) is 3.44. The van der Waals surface area contributed by atoms with Crippen molar-refractivity contribution in [3.63, 3.8) is 0 Å². The molecular formula is C19H13FN2S. The zero-order valence-corrected chi connectivity index (χ0v) is 13.1. The number of rotatable bonds is 4. The van der Waals surface area contributed by atoms with Gasteiger partial charge in [-0.25, -0.2) is 9.37 Å². The third kappa shape index (κ3) is 3.71. The van der Waals surface area contributed by atoms with Crippen LogP contribution in [0.4, 0.5) is 4.39 Å². The molecule has 0 N–H and O–H groups in total. The van der Waals surface area contributed by atoms with Crippen molar-refractivity contribution in [2.24, 2.45) is 0 Å². The van der Waals surface area contributed by atoms with Gasteiger partial charge in [-0.2, -0.15) is 5.26 Å². The van der Waals surface area contributed by atoms with E-state index in [1.807, 2.05) is 17.5 Å². The first-order chi connectivity index (χ1) is 11.3. The molecule has 0 aliphatic heterocycles. The van der Waals surface area contributed by atoms with Crippen molar-refractivity contribution >= 4 is 16.9 Å². The molecule has 1 aromatic heterocycles. The fraction of sp³-hybridized carbons (Fsp3) is 0.0526. The summed E-state index contributed by atoms with van der Waals surface area (Å²) >= 11 is 1.57. The van der Waals surface area contributed by atoms with Crippen LogP contribution in [0.25, 0.3) is 5.57 Å². The van der Waals surface area contributed by atoms with Crippen molar-refractivity contribution in [2.45, 2.75) is 6.42 Å². The van der Waals surface area contributed by atoms with Crippen LogP contribution in [-0.2, 0) is 6.42 Å². The Morgan fingerprint density at radius 3 is 2.48 bits per heavy atom. The van der Waals surface area contributed by atoms with Gasteiger partial charge in [0.25, 0.3) is 0 Å². The van der Waals surface area contributed by atoms with Crippen LogP contribution in [-0.4, -0.2) is 4.98 Å². The van der Waals surface area contributed by atoms with Gasteiger partial charge >= 0.3 is 0 Å². The van der Waals surface area contributed by atoms with Crippen molar-refractivity contribution in [1.82, 2.24) is 4.98 Å². The highest BCUT2D eigenvalue weighted by atomic mass is 32.1. The minimum atomic E-state index is -0.232. The Morgan fingerprint density at radius 1 is 1.13 bits per heavy atom. The van der Waals surface area contributed by atoms with E-state index in [0.29, 0.717) is 12.0 Å². The summed E-state index contributed by atoms with van der Waals surface area (Å²) in [7, 11) is 0. The molecule has 23 heavy (non-hydrogen) atoms. The van der Waals surface area contributed by atoms with Gasteiger partial charge in [0.15, 0.2) is 0 Å². The molecule has 0 saturated carbocycles. The van der Waals surface area contributed by atoms with Gasteiger partial charge in [-0.1, -0.05) is 30.3 Å². The van der Waals surface area contributed by atoms with E-state index in [0.717, 1.165) is 21.7 Å². The molecule has 0 radical (unpaired) electrons. The molecule has 0 bridgehead atoms. The molecule has 2 aromatic carbocycles. The minimum absolute atomic E-state index is 0.232. The van der Waals surface area contributed by atoms with E-state index in [9.17, 15) is 4.39 Å². The van der Waals surface area contributed by atoms with Crippen LogP contribution in [0.2, 0.25) is 0 Å². The quantitative estimate of drug-likeness (QED) is 0.690. The van der Waals surface area contributed by atoms with E-state index in [4.69, 9.17) is 5.26 Å². The van der Waals surface area contributed by atoms with Crippen molar-refractivity contribution in [3.05, 3.63) is 93.7 Å². The number of allylic oxidation sites excluding steroid dienone is 1. The number of halogens is 1. The van der Waals surface area contributed by atoms with Gasteiger partial charge < -0.3 is 0 Å². The number of nitrogens with zero attached hydrogens (tertiary/aromatic N) is 2. The average Bonchev–Trinajstić information content (AvgIpc) is 3.12. The molecule has 0 unspecified atom stereocenters. The molecule has 0 aliphatic carbocycles. The Kier molecular flexibility index (Phi) is 4.60. The lowest BCUT2D eigenvalue weighted by Crippen LogP contribution is -1.90. The highest BCUT2D eigenvalue weighted by molar-refractivity contribution is 7.10. The second-order valence-electron chi connectivity index (χ2n) is 4.97. The molecule has 2 nitrogen and oxygen atoms in total. The first-order valence-electron chi connectivity index (χ1n) is 7.11. The molecule has 0 fully saturated rings. The fourth-order valence-corrected chi connectivity index (χ4v) is 2.95. The summed E-state index contributed by atoms with van der Waals surface area (Å²) in [6.45, 7) is 0. The molecule has 3 rings (SSSR count). The van der Waals surface area contributed by atoms with Gasteiger partial charge in [0.2, 0.25) is 0 Å². The second-order valence-corrected chi connectivity index (χ2v) is 5.87. The van der Waals surface area contributed by atoms with E-state index in [2.05, 4.69) is 17.1 Å². The summed E-state index contributed by atoms with van der Waals surface area (Å²) in [6.07, 6.45) is 4.55. The maximum atomic E-state index is 13.0. The Labute approximate surface area is 138 Å². The second kappa shape index (κ2) is 6.99. The Bertz CT molecular complexity index is 842. The van der Waals surface area contributed by atoms with Gasteiger partial charge in [-0.05, 0) is 41.8 Å². The van der Waals surface area contributed by atoms with E-state index < -0.39 is 0 Å². The van der Waals surface area contributed by atoms with Crippen molar-refractivity contribution < 1.29 is 4.39 Å². The molecule has 0 spiro atoms. The smallest absolute Gasteiger partial charge is 0.123 e. The molecule has 0 amide bonds. The fourth-order valence-electron chi connectivity index (χ4n) is 2.25. The Morgan fingerprint density at radius 2 is 1.87 bits per heavy atom. The normalized spacial score (nSPS) is 11.2. The number of hydrogen-bond donors (Lipinski definition) is 0. The number of benzene rings is 2. The highest BCUT2D eigenvalue weighted by Crippen LogP contribution is 2.26. The van der Waals surface area contributed by atoms with Crippen molar-refractivity contribution in [1.29, 1.82) is 5.26 Å². The van der Waals surface area contributed by atoms with Crippen LogP contribution >= 0.6 is 11.3 Å². The lowest BCUT2D eigenvalue weighted by atomic mass is 10.0. The minimum Gasteiger partial charge on any atom is -0.245 e. The topological polar surface area (TPSA) is 36.7 Å². The van der Waals surface area contributed by atoms with E-state index >= 15 is 0 Å². The largest absolute Gasteiger partial charge is 0.245 e. The summed E-state index contributed by atoms with van der Waals surface area (Å²) < 4.78 is 13.0. The number of nitriles is 1. The van der Waals surface area contributed by atoms with Crippen LogP contribution in [0.5, 0.6) is 0 Å². The summed E-state index contributed by atoms with van der Waals surface area (Å²) in [5.74, 6) is -0.232. The Hall–Kier alpha value is -2.77. The molecule has 112 valence electrons. The first kappa shape index (κ1) is 15.1. The van der Waals surface area contributed by atoms with Gasteiger partial charge in [0.1, 0.15) is 10.8 Å². The van der Waals surface area contributed by atoms with Crippen LogP contribution in [0.1, 0.15) is 21.7 Å². The summed E-state index contributed by atoms with van der Waals surface area (Å²) in [6, 6.07) is 16.1. The van der Waals surface area contributed by atoms with Crippen molar-refractivity contribution in [2.75, 3.05) is 0 Å². The first-order valence-corrected chi connectivity index (χ1v) is 7.99. The van der Waals surface area contributed by atoms with Gasteiger partial charge in [-0.15, -0.1) is 11.3 Å². The average molecular weight is 320 g/mol. The highest BCUT2D eigenvalue weighted by Gasteiger charge is 2.08. The van der Waals surface area contributed by atoms with E-state index in [1.54, 1.807) is 41.8 Å². The molecule has 1 heterocycles. The lowest BCUT2D eigenvalue weighted by molar-refractivity contribution is 0.627. The van der Waals surface area contributed by atoms with Gasteiger partial charge in [-0.3, -0.25) is 0 Å². The molecule has 4 heteroatoms. The molecular weight excluding hydrogens is 307 g/mol. The molecule has 0 atom stereocenters. The van der Waals surface area contributed by atoms with E-state index in [-0.39, 0.29) is 5.82 Å². The van der Waals surface area contributed by atoms with Gasteiger partial charge in [0.05, 0.1) is 11.6 Å². The number of hydrogen-bond acceptors (Lipinski definition) is 3. The third-order valence-corrected chi connectivity index (χ3v) is 4.25. The summed E-state index contributed by atoms with van der Waals surface area (Å²) in [5, 5.41) is 11.8. The predicted molar refractivity (Wildman–Crippen MR) is 90.5 cm³/mol. The van der Waals surface area contributed by atoms with Crippen molar-refractivity contribution in [3.8, 4) is 6.07 Å². The maximum Gasteiger partial charge on any atom is 0.123 e. The number of aromatic nitrogens is 1. The summed E-state index contributed by atoms with van der Waals surface area (Å²) in [5.41, 5.74) is 3.70. The van der Waals surface area contributed by atoms with Crippen LogP contribution < -0.4 is 0 Å². The molecule has 0 aliphatic rings. The monoisotopic (exact) mass is 320 g/mol. The Balaban J connectivity index is 1.93. The zero-order valence-electron chi connectivity index (χ0n) is 12.2. The standard InChI is InChI=1S/C19H13FN2S/c20-17-8-3-14(4-9-17)5-10-18(19-22-11-12-23-19)16-6-1-15(13-21)2-7-16/h1-4,6-12H,5H2. The maximum absolute atomic E-state index is 13.0. The number of thiazole rings is 1. The molecule has 3 aromatic rings. The van der Waals surface area contributed by atoms with E-state index in [1.165, 1.54) is 12.1 Å². The lowest BCUT2D eigenvalue weighted by Gasteiger charge is -2.06.